The number of aryl methyl sites for hydroxylation is 1. The normalized spacial score (nSPS) is 20.2. The molecule has 1 aliphatic rings. The molecular weight excluding hydrogens is 322 g/mol. The number of H-pyrrole nitrogens is 1. The monoisotopic (exact) mass is 345 g/mol. The molecule has 0 spiro atoms. The molecule has 1 fully saturated rings. The number of hydrogen-bond donors (Lipinski definition) is 3. The summed E-state index contributed by atoms with van der Waals surface area (Å²) in [6.07, 6.45) is 2.68. The minimum absolute atomic E-state index is 0.00400. The first-order chi connectivity index (χ1) is 12.2. The number of aromatic nitrogens is 2. The lowest BCUT2D eigenvalue weighted by atomic mass is 10.0. The van der Waals surface area contributed by atoms with Crippen molar-refractivity contribution in [2.24, 2.45) is 0 Å². The van der Waals surface area contributed by atoms with E-state index in [0.29, 0.717) is 37.4 Å². The Balaban J connectivity index is 1.66. The third-order valence-corrected chi connectivity index (χ3v) is 4.33. The van der Waals surface area contributed by atoms with Gasteiger partial charge < -0.3 is 19.9 Å². The molecule has 2 atom stereocenters. The third-order valence-electron chi connectivity index (χ3n) is 4.33. The summed E-state index contributed by atoms with van der Waals surface area (Å²) in [6.45, 7) is 2.97. The van der Waals surface area contributed by atoms with E-state index in [4.69, 9.17) is 14.6 Å². The van der Waals surface area contributed by atoms with E-state index in [-0.39, 0.29) is 24.7 Å². The summed E-state index contributed by atoms with van der Waals surface area (Å²) in [4.78, 5) is 12.5. The summed E-state index contributed by atoms with van der Waals surface area (Å²) in [5.41, 5.74) is 2.21. The van der Waals surface area contributed by atoms with Gasteiger partial charge in [0.15, 0.2) is 0 Å². The number of aliphatic hydroxyl groups is 1. The first-order valence-corrected chi connectivity index (χ1v) is 8.48. The van der Waals surface area contributed by atoms with Crippen molar-refractivity contribution in [1.29, 1.82) is 0 Å². The predicted octanol–water partition coefficient (Wildman–Crippen LogP) is 1.43. The van der Waals surface area contributed by atoms with Crippen LogP contribution in [0.15, 0.2) is 30.5 Å². The molecule has 0 radical (unpaired) electrons. The van der Waals surface area contributed by atoms with Crippen LogP contribution in [0.2, 0.25) is 0 Å². The summed E-state index contributed by atoms with van der Waals surface area (Å²) >= 11 is 0. The molecule has 3 rings (SSSR count). The number of nitrogens with zero attached hydrogens (tertiary/aromatic N) is 1. The summed E-state index contributed by atoms with van der Waals surface area (Å²) < 4.78 is 11.5. The maximum absolute atomic E-state index is 12.5. The lowest BCUT2D eigenvalue weighted by Gasteiger charge is -2.32. The molecule has 0 saturated carbocycles. The van der Waals surface area contributed by atoms with Crippen LogP contribution in [0.4, 0.5) is 0 Å². The van der Waals surface area contributed by atoms with Crippen LogP contribution in [0.25, 0.3) is 0 Å². The number of benzene rings is 1. The molecule has 1 aromatic carbocycles. The minimum Gasteiger partial charge on any atom is -0.486 e. The van der Waals surface area contributed by atoms with E-state index in [1.165, 1.54) is 0 Å². The molecule has 0 unspecified atom stereocenters. The molecular formula is C18H23N3O4. The van der Waals surface area contributed by atoms with Gasteiger partial charge in [-0.15, -0.1) is 0 Å². The van der Waals surface area contributed by atoms with Crippen molar-refractivity contribution >= 4 is 5.91 Å². The van der Waals surface area contributed by atoms with Crippen molar-refractivity contribution in [2.75, 3.05) is 13.2 Å². The van der Waals surface area contributed by atoms with Gasteiger partial charge in [0, 0.05) is 12.3 Å². The molecule has 0 aliphatic carbocycles. The maximum Gasteiger partial charge on any atom is 0.255 e. The van der Waals surface area contributed by atoms with Crippen molar-refractivity contribution in [3.63, 3.8) is 0 Å². The zero-order valence-electron chi connectivity index (χ0n) is 14.2. The Morgan fingerprint density at radius 2 is 2.24 bits per heavy atom. The molecule has 1 aliphatic heterocycles. The SMILES string of the molecule is CCc1[nH]ncc1C(=O)N[C@@H]1CCOC[C@H]1Oc1ccc(CO)cc1. The third kappa shape index (κ3) is 4.18. The van der Waals surface area contributed by atoms with Gasteiger partial charge in [-0.3, -0.25) is 9.89 Å². The number of hydrogen-bond acceptors (Lipinski definition) is 5. The number of ether oxygens (including phenoxy) is 2. The van der Waals surface area contributed by atoms with Crippen LogP contribution in [-0.2, 0) is 17.8 Å². The highest BCUT2D eigenvalue weighted by Gasteiger charge is 2.30. The Bertz CT molecular complexity index is 699. The molecule has 1 saturated heterocycles. The van der Waals surface area contributed by atoms with E-state index in [2.05, 4.69) is 15.5 Å². The number of aromatic amines is 1. The Morgan fingerprint density at radius 3 is 2.96 bits per heavy atom. The Hall–Kier alpha value is -2.38. The Kier molecular flexibility index (Phi) is 5.67. The lowest BCUT2D eigenvalue weighted by molar-refractivity contribution is -0.0135. The number of carbonyl (C=O) groups excluding carboxylic acids is 1. The van der Waals surface area contributed by atoms with Crippen molar-refractivity contribution in [1.82, 2.24) is 15.5 Å². The summed E-state index contributed by atoms with van der Waals surface area (Å²) in [5.74, 6) is 0.534. The first-order valence-electron chi connectivity index (χ1n) is 8.48. The zero-order valence-corrected chi connectivity index (χ0v) is 14.2. The quantitative estimate of drug-likeness (QED) is 0.736. The fourth-order valence-electron chi connectivity index (χ4n) is 2.87. The second kappa shape index (κ2) is 8.13. The van der Waals surface area contributed by atoms with Gasteiger partial charge in [0.2, 0.25) is 0 Å². The fraction of sp³-hybridized carbons (Fsp3) is 0.444. The molecule has 3 N–H and O–H groups in total. The van der Waals surface area contributed by atoms with Crippen LogP contribution >= 0.6 is 0 Å². The highest BCUT2D eigenvalue weighted by molar-refractivity contribution is 5.95. The lowest BCUT2D eigenvalue weighted by Crippen LogP contribution is -2.51. The summed E-state index contributed by atoms with van der Waals surface area (Å²) in [6, 6.07) is 7.10. The smallest absolute Gasteiger partial charge is 0.255 e. The van der Waals surface area contributed by atoms with Crippen LogP contribution < -0.4 is 10.1 Å². The van der Waals surface area contributed by atoms with Crippen molar-refractivity contribution in [2.45, 2.75) is 38.5 Å². The van der Waals surface area contributed by atoms with Crippen LogP contribution in [0.3, 0.4) is 0 Å². The van der Waals surface area contributed by atoms with E-state index >= 15 is 0 Å². The number of amides is 1. The molecule has 0 bridgehead atoms. The molecule has 134 valence electrons. The Morgan fingerprint density at radius 1 is 1.44 bits per heavy atom. The van der Waals surface area contributed by atoms with Gasteiger partial charge in [-0.2, -0.15) is 5.10 Å². The standard InChI is InChI=1S/C18H23N3O4/c1-2-15-14(9-19-21-15)18(23)20-16-7-8-24-11-17(16)25-13-5-3-12(10-22)4-6-13/h3-6,9,16-17,22H,2,7-8,10-11H2,1H3,(H,19,21)(H,20,23)/t16-,17-/m1/s1. The van der Waals surface area contributed by atoms with Crippen LogP contribution in [0.1, 0.15) is 35.0 Å². The minimum atomic E-state index is -0.269. The van der Waals surface area contributed by atoms with Crippen molar-refractivity contribution in [3.05, 3.63) is 47.3 Å². The maximum atomic E-state index is 12.5. The number of carbonyl (C=O) groups is 1. The highest BCUT2D eigenvalue weighted by Crippen LogP contribution is 2.19. The van der Waals surface area contributed by atoms with Crippen LogP contribution in [-0.4, -0.2) is 46.6 Å². The van der Waals surface area contributed by atoms with E-state index in [0.717, 1.165) is 11.3 Å². The highest BCUT2D eigenvalue weighted by atomic mass is 16.5. The van der Waals surface area contributed by atoms with E-state index in [1.807, 2.05) is 31.2 Å². The van der Waals surface area contributed by atoms with E-state index < -0.39 is 0 Å². The number of nitrogens with one attached hydrogen (secondary N) is 2. The average Bonchev–Trinajstić information content (AvgIpc) is 3.13. The van der Waals surface area contributed by atoms with Gasteiger partial charge in [0.1, 0.15) is 11.9 Å². The Labute approximate surface area is 146 Å². The molecule has 2 aromatic rings. The summed E-state index contributed by atoms with van der Waals surface area (Å²) in [5, 5.41) is 18.9. The second-order valence-electron chi connectivity index (χ2n) is 6.02. The predicted molar refractivity (Wildman–Crippen MR) is 91.4 cm³/mol. The molecule has 1 aromatic heterocycles. The van der Waals surface area contributed by atoms with Gasteiger partial charge in [0.25, 0.3) is 5.91 Å². The van der Waals surface area contributed by atoms with Crippen LogP contribution in [0.5, 0.6) is 5.75 Å². The number of rotatable bonds is 6. The summed E-state index contributed by atoms with van der Waals surface area (Å²) in [7, 11) is 0. The van der Waals surface area contributed by atoms with Gasteiger partial charge in [0.05, 0.1) is 31.0 Å². The second-order valence-corrected chi connectivity index (χ2v) is 6.02. The average molecular weight is 345 g/mol. The molecule has 1 amide bonds. The molecule has 7 heteroatoms. The molecule has 7 nitrogen and oxygen atoms in total. The van der Waals surface area contributed by atoms with E-state index in [9.17, 15) is 4.79 Å². The van der Waals surface area contributed by atoms with E-state index in [1.54, 1.807) is 6.20 Å². The van der Waals surface area contributed by atoms with Crippen LogP contribution in [0, 0.1) is 0 Å². The zero-order chi connectivity index (χ0) is 17.6. The van der Waals surface area contributed by atoms with Gasteiger partial charge in [-0.1, -0.05) is 19.1 Å². The van der Waals surface area contributed by atoms with Gasteiger partial charge >= 0.3 is 0 Å². The first kappa shape index (κ1) is 17.4. The molecule has 2 heterocycles. The molecule has 25 heavy (non-hydrogen) atoms. The van der Waals surface area contributed by atoms with Crippen molar-refractivity contribution in [3.8, 4) is 5.75 Å². The fourth-order valence-corrected chi connectivity index (χ4v) is 2.87. The van der Waals surface area contributed by atoms with Gasteiger partial charge in [-0.25, -0.2) is 0 Å². The van der Waals surface area contributed by atoms with Crippen molar-refractivity contribution < 1.29 is 19.4 Å². The largest absolute Gasteiger partial charge is 0.486 e. The topological polar surface area (TPSA) is 96.5 Å². The van der Waals surface area contributed by atoms with Gasteiger partial charge in [-0.05, 0) is 30.5 Å². The number of aliphatic hydroxyl groups excluding tert-OH is 1.